The van der Waals surface area contributed by atoms with Crippen molar-refractivity contribution in [3.8, 4) is 0 Å². The summed E-state index contributed by atoms with van der Waals surface area (Å²) in [7, 11) is -0.667. The molecular formula is C29H46S. The third-order valence-corrected chi connectivity index (χ3v) is 6.10. The van der Waals surface area contributed by atoms with Crippen LogP contribution in [0.2, 0.25) is 0 Å². The number of hydrogen-bond acceptors (Lipinski definition) is 0. The molecule has 2 atom stereocenters. The van der Waals surface area contributed by atoms with Crippen LogP contribution in [0, 0.1) is 18.8 Å². The van der Waals surface area contributed by atoms with Crippen LogP contribution in [0.25, 0.3) is 0 Å². The Hall–Kier alpha value is -1.47. The molecule has 2 unspecified atom stereocenters. The zero-order chi connectivity index (χ0) is 22.8. The van der Waals surface area contributed by atoms with Crippen LogP contribution in [-0.4, -0.2) is 24.3 Å². The third-order valence-electron chi connectivity index (χ3n) is 6.10. The molecule has 0 heterocycles. The summed E-state index contributed by atoms with van der Waals surface area (Å²) in [4.78, 5) is 0. The van der Waals surface area contributed by atoms with Gasteiger partial charge in [0.25, 0.3) is 0 Å². The number of rotatable bonds is 6. The second kappa shape index (κ2) is 12.4. The molecular weight excluding hydrogens is 380 g/mol. The molecule has 0 aliphatic heterocycles. The fourth-order valence-corrected chi connectivity index (χ4v) is 4.55. The predicted octanol–water partition coefficient (Wildman–Crippen LogP) is 8.26. The van der Waals surface area contributed by atoms with Gasteiger partial charge in [0.2, 0.25) is 0 Å². The van der Waals surface area contributed by atoms with E-state index in [1.807, 2.05) is 12.5 Å². The number of hydrogen-bond donors (Lipinski definition) is 0. The summed E-state index contributed by atoms with van der Waals surface area (Å²) in [5.74, 6) is 9.30. The summed E-state index contributed by atoms with van der Waals surface area (Å²) >= 11 is 0. The number of benzene rings is 2. The normalized spacial score (nSPS) is 22.2. The third kappa shape index (κ3) is 8.72. The van der Waals surface area contributed by atoms with E-state index in [0.717, 1.165) is 11.8 Å². The Balaban J connectivity index is 0.000000259. The summed E-state index contributed by atoms with van der Waals surface area (Å²) in [6.07, 6.45) is 10.6. The molecule has 1 fully saturated rings. The lowest BCUT2D eigenvalue weighted by Crippen LogP contribution is -2.06. The lowest BCUT2D eigenvalue weighted by atomic mass is 9.92. The molecule has 0 amide bonds. The SMILES string of the molecule is C=S(=C)(C)C.CCC1C(CC)C1(C)c1cccc(C)c1.CCCCc1ccccc1. The van der Waals surface area contributed by atoms with Gasteiger partial charge in [-0.2, -0.15) is 0 Å². The number of unbranched alkanes of at least 4 members (excludes halogenated alkanes) is 1. The predicted molar refractivity (Wildman–Crippen MR) is 145 cm³/mol. The molecule has 0 N–H and O–H groups in total. The highest BCUT2D eigenvalue weighted by atomic mass is 32.2. The van der Waals surface area contributed by atoms with Gasteiger partial charge in [-0.15, -0.1) is 0 Å². The first kappa shape index (κ1) is 26.6. The maximum atomic E-state index is 3.74. The lowest BCUT2D eigenvalue weighted by Gasteiger charge is -2.13. The van der Waals surface area contributed by atoms with E-state index in [9.17, 15) is 0 Å². The Morgan fingerprint density at radius 3 is 1.83 bits per heavy atom. The summed E-state index contributed by atoms with van der Waals surface area (Å²) < 4.78 is 0. The Morgan fingerprint density at radius 2 is 1.40 bits per heavy atom. The topological polar surface area (TPSA) is 0 Å². The molecule has 1 aliphatic rings. The monoisotopic (exact) mass is 426 g/mol. The molecule has 1 heteroatoms. The fraction of sp³-hybridized carbons (Fsp3) is 0.517. The largest absolute Gasteiger partial charge is 0.220 e. The van der Waals surface area contributed by atoms with Gasteiger partial charge < -0.3 is 0 Å². The van der Waals surface area contributed by atoms with Gasteiger partial charge in [-0.05, 0) is 60.7 Å². The van der Waals surface area contributed by atoms with Gasteiger partial charge in [0.15, 0.2) is 0 Å². The minimum Gasteiger partial charge on any atom is -0.220 e. The zero-order valence-corrected chi connectivity index (χ0v) is 21.5. The minimum atomic E-state index is -0.667. The number of aryl methyl sites for hydroxylation is 2. The van der Waals surface area contributed by atoms with Gasteiger partial charge in [0.05, 0.1) is 0 Å². The van der Waals surface area contributed by atoms with Crippen LogP contribution in [-0.2, 0) is 11.8 Å². The second-order valence-electron chi connectivity index (χ2n) is 9.54. The summed E-state index contributed by atoms with van der Waals surface area (Å²) in [6, 6.07) is 19.7. The highest BCUT2D eigenvalue weighted by Gasteiger charge is 2.59. The molecule has 0 saturated heterocycles. The first-order chi connectivity index (χ1) is 14.1. The average molecular weight is 427 g/mol. The standard InChI is InChI=1S/C15H22.C10H14.C4H10S/c1-5-13-14(6-2)15(13,4)12-9-7-8-11(3)10-12;1-2-3-7-10-8-5-4-6-9-10;1-5(2,3)4/h7-10,13-14H,5-6H2,1-4H3;4-6,8-9H,2-3,7H2,1H3;1-2H2,3-4H3. The molecule has 0 spiro atoms. The molecule has 0 aromatic heterocycles. The Morgan fingerprint density at radius 1 is 0.867 bits per heavy atom. The van der Waals surface area contributed by atoms with Gasteiger partial charge in [-0.1, -0.05) is 119 Å². The molecule has 1 aliphatic carbocycles. The van der Waals surface area contributed by atoms with Crippen molar-refractivity contribution in [1.29, 1.82) is 0 Å². The fourth-order valence-electron chi connectivity index (χ4n) is 4.55. The molecule has 168 valence electrons. The van der Waals surface area contributed by atoms with E-state index in [0.29, 0.717) is 5.41 Å². The average Bonchev–Trinajstić information content (AvgIpc) is 3.31. The van der Waals surface area contributed by atoms with Gasteiger partial charge in [-0.3, -0.25) is 0 Å². The quantitative estimate of drug-likeness (QED) is 0.408. The van der Waals surface area contributed by atoms with E-state index in [1.165, 1.54) is 43.2 Å². The molecule has 0 bridgehead atoms. The van der Waals surface area contributed by atoms with E-state index >= 15 is 0 Å². The molecule has 3 rings (SSSR count). The molecule has 2 aromatic rings. The first-order valence-electron chi connectivity index (χ1n) is 11.6. The highest BCUT2D eigenvalue weighted by molar-refractivity contribution is 8.26. The van der Waals surface area contributed by atoms with Crippen molar-refractivity contribution in [3.63, 3.8) is 0 Å². The Kier molecular flexibility index (Phi) is 11.0. The van der Waals surface area contributed by atoms with Crippen molar-refractivity contribution < 1.29 is 0 Å². The lowest BCUT2D eigenvalue weighted by molar-refractivity contribution is 0.635. The Labute approximate surface area is 188 Å². The van der Waals surface area contributed by atoms with Crippen LogP contribution < -0.4 is 0 Å². The molecule has 1 saturated carbocycles. The second-order valence-corrected chi connectivity index (χ2v) is 13.1. The van der Waals surface area contributed by atoms with Crippen molar-refractivity contribution in [2.45, 2.75) is 72.1 Å². The van der Waals surface area contributed by atoms with E-state index in [2.05, 4.69) is 101 Å². The van der Waals surface area contributed by atoms with Crippen molar-refractivity contribution in [2.75, 3.05) is 12.5 Å². The summed E-state index contributed by atoms with van der Waals surface area (Å²) in [5.41, 5.74) is 4.88. The van der Waals surface area contributed by atoms with Gasteiger partial charge in [0.1, 0.15) is 0 Å². The van der Waals surface area contributed by atoms with Gasteiger partial charge in [0, 0.05) is 0 Å². The van der Waals surface area contributed by atoms with Crippen LogP contribution in [0.3, 0.4) is 0 Å². The summed E-state index contributed by atoms with van der Waals surface area (Å²) in [6.45, 7) is 11.5. The van der Waals surface area contributed by atoms with Crippen LogP contribution >= 0.6 is 9.21 Å². The van der Waals surface area contributed by atoms with Crippen molar-refractivity contribution in [1.82, 2.24) is 0 Å². The highest BCUT2D eigenvalue weighted by Crippen LogP contribution is 2.62. The molecule has 30 heavy (non-hydrogen) atoms. The van der Waals surface area contributed by atoms with Crippen LogP contribution in [0.4, 0.5) is 0 Å². The summed E-state index contributed by atoms with van der Waals surface area (Å²) in [5, 5.41) is 0. The maximum absolute atomic E-state index is 3.74. The van der Waals surface area contributed by atoms with Crippen LogP contribution in [0.1, 0.15) is 70.1 Å². The van der Waals surface area contributed by atoms with E-state index in [1.54, 1.807) is 5.56 Å². The maximum Gasteiger partial charge on any atom is -0.00130 e. The van der Waals surface area contributed by atoms with Crippen LogP contribution in [0.15, 0.2) is 54.6 Å². The first-order valence-corrected chi connectivity index (χ1v) is 14.4. The van der Waals surface area contributed by atoms with Crippen LogP contribution in [0.5, 0.6) is 0 Å². The Bertz CT molecular complexity index is 812. The smallest absolute Gasteiger partial charge is 0.00130 e. The minimum absolute atomic E-state index is 0.468. The van der Waals surface area contributed by atoms with Crippen molar-refractivity contribution >= 4 is 20.9 Å². The van der Waals surface area contributed by atoms with Gasteiger partial charge >= 0.3 is 0 Å². The van der Waals surface area contributed by atoms with E-state index in [4.69, 9.17) is 0 Å². The molecule has 0 radical (unpaired) electrons. The molecule has 2 aromatic carbocycles. The van der Waals surface area contributed by atoms with E-state index in [-0.39, 0.29) is 0 Å². The molecule has 0 nitrogen and oxygen atoms in total. The van der Waals surface area contributed by atoms with E-state index < -0.39 is 9.21 Å². The zero-order valence-electron chi connectivity index (χ0n) is 20.7. The van der Waals surface area contributed by atoms with Crippen molar-refractivity contribution in [3.05, 3.63) is 71.3 Å². The van der Waals surface area contributed by atoms with Crippen molar-refractivity contribution in [2.24, 2.45) is 11.8 Å². The van der Waals surface area contributed by atoms with Gasteiger partial charge in [-0.25, -0.2) is 9.21 Å².